The van der Waals surface area contributed by atoms with Gasteiger partial charge < -0.3 is 9.84 Å². The van der Waals surface area contributed by atoms with Gasteiger partial charge in [-0.2, -0.15) is 0 Å². The maximum atomic E-state index is 10.7. The molecule has 0 saturated carbocycles. The number of fused-ring (bicyclic) bond motifs is 1. The normalized spacial score (nSPS) is 18.8. The number of aliphatic hydroxyl groups is 1. The second kappa shape index (κ2) is 5.74. The number of hydrogen-bond donors (Lipinski definition) is 1. The third-order valence-electron chi connectivity index (χ3n) is 4.08. The van der Waals surface area contributed by atoms with E-state index in [1.54, 1.807) is 11.8 Å². The largest absolute Gasteiger partial charge is 0.485 e. The van der Waals surface area contributed by atoms with Gasteiger partial charge in [-0.3, -0.25) is 0 Å². The standard InChI is InChI=1S/C18H20O2S/c1-11-8-13(3)14(9-12(11)2)18(19)16-10-21-17-7-5-4-6-15(17)20-16/h4-9,16,18-19H,10H2,1-3H3. The number of ether oxygens (including phenoxy) is 1. The van der Waals surface area contributed by atoms with Crippen molar-refractivity contribution >= 4 is 11.8 Å². The third-order valence-corrected chi connectivity index (χ3v) is 5.23. The van der Waals surface area contributed by atoms with Crippen molar-refractivity contribution in [3.05, 3.63) is 58.7 Å². The summed E-state index contributed by atoms with van der Waals surface area (Å²) in [7, 11) is 0. The van der Waals surface area contributed by atoms with E-state index >= 15 is 0 Å². The summed E-state index contributed by atoms with van der Waals surface area (Å²) in [5, 5.41) is 10.7. The van der Waals surface area contributed by atoms with Gasteiger partial charge in [0.15, 0.2) is 0 Å². The molecular weight excluding hydrogens is 280 g/mol. The highest BCUT2D eigenvalue weighted by molar-refractivity contribution is 7.99. The van der Waals surface area contributed by atoms with Crippen LogP contribution in [0.3, 0.4) is 0 Å². The Morgan fingerprint density at radius 1 is 1.10 bits per heavy atom. The predicted octanol–water partition coefficient (Wildman–Crippen LogP) is 4.20. The summed E-state index contributed by atoms with van der Waals surface area (Å²) in [6, 6.07) is 12.2. The number of thioether (sulfide) groups is 1. The van der Waals surface area contributed by atoms with Gasteiger partial charge in [0.2, 0.25) is 0 Å². The summed E-state index contributed by atoms with van der Waals surface area (Å²) < 4.78 is 6.00. The average molecular weight is 300 g/mol. The van der Waals surface area contributed by atoms with E-state index in [1.807, 2.05) is 18.2 Å². The molecular formula is C18H20O2S. The lowest BCUT2D eigenvalue weighted by Crippen LogP contribution is -2.30. The van der Waals surface area contributed by atoms with Gasteiger partial charge in [0, 0.05) is 10.6 Å². The van der Waals surface area contributed by atoms with Crippen LogP contribution >= 0.6 is 11.8 Å². The Balaban J connectivity index is 1.87. The van der Waals surface area contributed by atoms with E-state index in [1.165, 1.54) is 11.1 Å². The Morgan fingerprint density at radius 3 is 2.62 bits per heavy atom. The van der Waals surface area contributed by atoms with Crippen molar-refractivity contribution in [2.24, 2.45) is 0 Å². The van der Waals surface area contributed by atoms with Gasteiger partial charge in [-0.15, -0.1) is 11.8 Å². The van der Waals surface area contributed by atoms with E-state index in [-0.39, 0.29) is 6.10 Å². The Hall–Kier alpha value is -1.45. The molecule has 0 amide bonds. The minimum absolute atomic E-state index is 0.203. The smallest absolute Gasteiger partial charge is 0.138 e. The molecule has 0 spiro atoms. The highest BCUT2D eigenvalue weighted by atomic mass is 32.2. The fourth-order valence-corrected chi connectivity index (χ4v) is 3.72. The third kappa shape index (κ3) is 2.81. The van der Waals surface area contributed by atoms with Crippen molar-refractivity contribution in [1.29, 1.82) is 0 Å². The van der Waals surface area contributed by atoms with Crippen molar-refractivity contribution in [2.45, 2.75) is 37.9 Å². The van der Waals surface area contributed by atoms with Crippen LogP contribution < -0.4 is 4.74 Å². The van der Waals surface area contributed by atoms with E-state index in [9.17, 15) is 5.11 Å². The molecule has 1 aliphatic heterocycles. The molecule has 0 saturated heterocycles. The summed E-state index contributed by atoms with van der Waals surface area (Å²) >= 11 is 1.75. The molecule has 0 bridgehead atoms. The van der Waals surface area contributed by atoms with Crippen LogP contribution in [-0.4, -0.2) is 17.0 Å². The number of hydrogen-bond acceptors (Lipinski definition) is 3. The Labute approximate surface area is 130 Å². The number of rotatable bonds is 2. The van der Waals surface area contributed by atoms with Crippen molar-refractivity contribution < 1.29 is 9.84 Å². The van der Waals surface area contributed by atoms with Crippen LogP contribution in [0.5, 0.6) is 5.75 Å². The SMILES string of the molecule is Cc1cc(C)c(C(O)C2CSc3ccccc3O2)cc1C. The molecule has 21 heavy (non-hydrogen) atoms. The topological polar surface area (TPSA) is 29.5 Å². The first-order chi connectivity index (χ1) is 10.1. The van der Waals surface area contributed by atoms with Crippen molar-refractivity contribution in [3.8, 4) is 5.75 Å². The van der Waals surface area contributed by atoms with Crippen LogP contribution in [0.25, 0.3) is 0 Å². The fourth-order valence-electron chi connectivity index (χ4n) is 2.69. The first-order valence-electron chi connectivity index (χ1n) is 7.20. The van der Waals surface area contributed by atoms with E-state index in [0.717, 1.165) is 27.5 Å². The molecule has 1 heterocycles. The molecule has 3 heteroatoms. The van der Waals surface area contributed by atoms with Gasteiger partial charge in [0.05, 0.1) is 0 Å². The van der Waals surface area contributed by atoms with Crippen molar-refractivity contribution in [1.82, 2.24) is 0 Å². The molecule has 2 atom stereocenters. The lowest BCUT2D eigenvalue weighted by atomic mass is 9.95. The molecule has 110 valence electrons. The van der Waals surface area contributed by atoms with Crippen LogP contribution in [-0.2, 0) is 0 Å². The Bertz CT molecular complexity index is 666. The summed E-state index contributed by atoms with van der Waals surface area (Å²) in [6.07, 6.45) is -0.795. The molecule has 1 N–H and O–H groups in total. The van der Waals surface area contributed by atoms with E-state index in [4.69, 9.17) is 4.74 Å². The second-order valence-electron chi connectivity index (χ2n) is 5.65. The molecule has 2 aromatic carbocycles. The molecule has 2 unspecified atom stereocenters. The van der Waals surface area contributed by atoms with Gasteiger partial charge in [0.1, 0.15) is 18.0 Å². The molecule has 0 aliphatic carbocycles. The van der Waals surface area contributed by atoms with Crippen molar-refractivity contribution in [2.75, 3.05) is 5.75 Å². The number of aryl methyl sites for hydroxylation is 3. The van der Waals surface area contributed by atoms with Gasteiger partial charge in [-0.25, -0.2) is 0 Å². The molecule has 0 radical (unpaired) electrons. The lowest BCUT2D eigenvalue weighted by molar-refractivity contribution is 0.0453. The van der Waals surface area contributed by atoms with Gasteiger partial charge >= 0.3 is 0 Å². The lowest BCUT2D eigenvalue weighted by Gasteiger charge is -2.30. The summed E-state index contributed by atoms with van der Waals surface area (Å²) in [5.41, 5.74) is 4.56. The minimum Gasteiger partial charge on any atom is -0.485 e. The van der Waals surface area contributed by atoms with Crippen molar-refractivity contribution in [3.63, 3.8) is 0 Å². The van der Waals surface area contributed by atoms with Gasteiger partial charge in [-0.1, -0.05) is 24.3 Å². The van der Waals surface area contributed by atoms with Crippen LogP contribution in [0.1, 0.15) is 28.4 Å². The number of benzene rings is 2. The molecule has 3 rings (SSSR count). The Kier molecular flexibility index (Phi) is 3.96. The van der Waals surface area contributed by atoms with E-state index < -0.39 is 6.10 Å². The Morgan fingerprint density at radius 2 is 1.81 bits per heavy atom. The highest BCUT2D eigenvalue weighted by Gasteiger charge is 2.28. The number of para-hydroxylation sites is 1. The van der Waals surface area contributed by atoms with E-state index in [0.29, 0.717) is 0 Å². The van der Waals surface area contributed by atoms with Crippen LogP contribution in [0.15, 0.2) is 41.3 Å². The zero-order valence-electron chi connectivity index (χ0n) is 12.6. The maximum Gasteiger partial charge on any atom is 0.138 e. The average Bonchev–Trinajstić information content (AvgIpc) is 2.50. The molecule has 0 aromatic heterocycles. The second-order valence-corrected chi connectivity index (χ2v) is 6.71. The molecule has 0 fully saturated rings. The monoisotopic (exact) mass is 300 g/mol. The number of aliphatic hydroxyl groups excluding tert-OH is 1. The van der Waals surface area contributed by atoms with Crippen LogP contribution in [0.4, 0.5) is 0 Å². The van der Waals surface area contributed by atoms with Gasteiger partial charge in [-0.05, 0) is 55.2 Å². The van der Waals surface area contributed by atoms with Crippen LogP contribution in [0, 0.1) is 20.8 Å². The quantitative estimate of drug-likeness (QED) is 0.901. The van der Waals surface area contributed by atoms with Gasteiger partial charge in [0.25, 0.3) is 0 Å². The predicted molar refractivity (Wildman–Crippen MR) is 87.2 cm³/mol. The zero-order valence-corrected chi connectivity index (χ0v) is 13.4. The van der Waals surface area contributed by atoms with E-state index in [2.05, 4.69) is 39.0 Å². The highest BCUT2D eigenvalue weighted by Crippen LogP contribution is 2.38. The molecule has 1 aliphatic rings. The molecule has 2 nitrogen and oxygen atoms in total. The molecule has 2 aromatic rings. The first-order valence-corrected chi connectivity index (χ1v) is 8.19. The first kappa shape index (κ1) is 14.5. The minimum atomic E-state index is -0.592. The zero-order chi connectivity index (χ0) is 15.0. The summed E-state index contributed by atoms with van der Waals surface area (Å²) in [5.74, 6) is 1.64. The maximum absolute atomic E-state index is 10.7. The summed E-state index contributed by atoms with van der Waals surface area (Å²) in [4.78, 5) is 1.15. The summed E-state index contributed by atoms with van der Waals surface area (Å²) in [6.45, 7) is 6.23. The fraction of sp³-hybridized carbons (Fsp3) is 0.333. The van der Waals surface area contributed by atoms with Crippen LogP contribution in [0.2, 0.25) is 0 Å².